The normalized spacial score (nSPS) is 10.8. The molecular formula is C13H10BrN5O. The predicted molar refractivity (Wildman–Crippen MR) is 79.5 cm³/mol. The molecule has 0 fully saturated rings. The van der Waals surface area contributed by atoms with E-state index in [2.05, 4.69) is 26.0 Å². The van der Waals surface area contributed by atoms with Crippen LogP contribution in [-0.4, -0.2) is 20.7 Å². The van der Waals surface area contributed by atoms with Crippen LogP contribution in [0.4, 0.5) is 5.69 Å². The zero-order chi connectivity index (χ0) is 14.3. The second-order valence-corrected chi connectivity index (χ2v) is 5.07. The van der Waals surface area contributed by atoms with Crippen LogP contribution in [0, 0.1) is 0 Å². The number of primary amides is 1. The fourth-order valence-electron chi connectivity index (χ4n) is 2.02. The molecule has 0 aliphatic carbocycles. The maximum Gasteiger partial charge on any atom is 0.271 e. The SMILES string of the molecule is NC(=O)c1nn(-c2nccc3c(Br)cccc23)cc1N. The lowest BCUT2D eigenvalue weighted by molar-refractivity contribution is 0.0996. The van der Waals surface area contributed by atoms with Crippen LogP contribution in [-0.2, 0) is 0 Å². The third kappa shape index (κ3) is 1.92. The van der Waals surface area contributed by atoms with Crippen molar-refractivity contribution in [1.29, 1.82) is 0 Å². The van der Waals surface area contributed by atoms with Gasteiger partial charge < -0.3 is 11.5 Å². The molecule has 0 bridgehead atoms. The molecule has 0 aliphatic rings. The van der Waals surface area contributed by atoms with Gasteiger partial charge in [-0.15, -0.1) is 0 Å². The van der Waals surface area contributed by atoms with Gasteiger partial charge in [0.1, 0.15) is 0 Å². The first-order valence-electron chi connectivity index (χ1n) is 5.76. The lowest BCUT2D eigenvalue weighted by atomic mass is 10.1. The average molecular weight is 332 g/mol. The quantitative estimate of drug-likeness (QED) is 0.748. The molecule has 20 heavy (non-hydrogen) atoms. The van der Waals surface area contributed by atoms with Gasteiger partial charge in [-0.05, 0) is 12.1 Å². The highest BCUT2D eigenvalue weighted by molar-refractivity contribution is 9.10. The van der Waals surface area contributed by atoms with Gasteiger partial charge in [0.05, 0.1) is 11.9 Å². The zero-order valence-electron chi connectivity index (χ0n) is 10.2. The molecule has 100 valence electrons. The first-order chi connectivity index (χ1) is 9.58. The molecule has 0 radical (unpaired) electrons. The number of rotatable bonds is 2. The summed E-state index contributed by atoms with van der Waals surface area (Å²) >= 11 is 3.49. The Hall–Kier alpha value is -2.41. The lowest BCUT2D eigenvalue weighted by Crippen LogP contribution is -2.14. The van der Waals surface area contributed by atoms with Crippen LogP contribution in [0.2, 0.25) is 0 Å². The van der Waals surface area contributed by atoms with Crippen LogP contribution in [0.3, 0.4) is 0 Å². The molecule has 3 aromatic rings. The number of fused-ring (bicyclic) bond motifs is 1. The number of hydrogen-bond donors (Lipinski definition) is 2. The molecule has 0 atom stereocenters. The molecule has 4 N–H and O–H groups in total. The van der Waals surface area contributed by atoms with E-state index in [1.807, 2.05) is 24.3 Å². The van der Waals surface area contributed by atoms with Gasteiger partial charge in [0.15, 0.2) is 11.5 Å². The number of nitrogen functional groups attached to an aromatic ring is 1. The number of aromatic nitrogens is 3. The molecule has 0 saturated heterocycles. The van der Waals surface area contributed by atoms with E-state index < -0.39 is 5.91 Å². The maximum absolute atomic E-state index is 11.2. The number of nitrogens with zero attached hydrogens (tertiary/aromatic N) is 3. The number of halogens is 1. The summed E-state index contributed by atoms with van der Waals surface area (Å²) in [4.78, 5) is 15.5. The molecule has 3 rings (SSSR count). The van der Waals surface area contributed by atoms with Gasteiger partial charge in [-0.2, -0.15) is 5.10 Å². The lowest BCUT2D eigenvalue weighted by Gasteiger charge is -2.06. The van der Waals surface area contributed by atoms with E-state index in [1.165, 1.54) is 10.9 Å². The molecule has 2 heterocycles. The van der Waals surface area contributed by atoms with E-state index in [4.69, 9.17) is 11.5 Å². The Bertz CT molecular complexity index is 827. The van der Waals surface area contributed by atoms with Crippen molar-refractivity contribution in [2.24, 2.45) is 5.73 Å². The number of nitrogens with two attached hydrogens (primary N) is 2. The number of hydrogen-bond acceptors (Lipinski definition) is 4. The minimum absolute atomic E-state index is 0.0406. The first kappa shape index (κ1) is 12.6. The fourth-order valence-corrected chi connectivity index (χ4v) is 2.52. The van der Waals surface area contributed by atoms with Crippen molar-refractivity contribution in [3.8, 4) is 5.82 Å². The number of anilines is 1. The van der Waals surface area contributed by atoms with E-state index >= 15 is 0 Å². The Morgan fingerprint density at radius 1 is 1.25 bits per heavy atom. The van der Waals surface area contributed by atoms with Crippen LogP contribution in [0.1, 0.15) is 10.5 Å². The Morgan fingerprint density at radius 3 is 2.75 bits per heavy atom. The monoisotopic (exact) mass is 331 g/mol. The van der Waals surface area contributed by atoms with Gasteiger partial charge in [0.2, 0.25) is 0 Å². The van der Waals surface area contributed by atoms with Gasteiger partial charge in [0.25, 0.3) is 5.91 Å². The van der Waals surface area contributed by atoms with Crippen LogP contribution in [0.15, 0.2) is 41.1 Å². The third-order valence-electron chi connectivity index (χ3n) is 2.92. The van der Waals surface area contributed by atoms with Crippen molar-refractivity contribution >= 4 is 38.3 Å². The molecule has 1 aromatic carbocycles. The van der Waals surface area contributed by atoms with E-state index in [9.17, 15) is 4.79 Å². The summed E-state index contributed by atoms with van der Waals surface area (Å²) < 4.78 is 2.42. The van der Waals surface area contributed by atoms with Crippen molar-refractivity contribution in [3.05, 3.63) is 46.8 Å². The highest BCUT2D eigenvalue weighted by Gasteiger charge is 2.14. The van der Waals surface area contributed by atoms with Crippen LogP contribution in [0.5, 0.6) is 0 Å². The average Bonchev–Trinajstić information content (AvgIpc) is 2.81. The Kier molecular flexibility index (Phi) is 2.90. The molecule has 1 amide bonds. The summed E-state index contributed by atoms with van der Waals surface area (Å²) in [5.41, 5.74) is 11.2. The first-order valence-corrected chi connectivity index (χ1v) is 6.56. The fraction of sp³-hybridized carbons (Fsp3) is 0. The van der Waals surface area contributed by atoms with Crippen molar-refractivity contribution in [2.45, 2.75) is 0 Å². The van der Waals surface area contributed by atoms with Crippen molar-refractivity contribution in [3.63, 3.8) is 0 Å². The van der Waals surface area contributed by atoms with Gasteiger partial charge in [-0.3, -0.25) is 4.79 Å². The largest absolute Gasteiger partial charge is 0.396 e. The van der Waals surface area contributed by atoms with E-state index in [1.54, 1.807) is 6.20 Å². The molecule has 2 aromatic heterocycles. The maximum atomic E-state index is 11.2. The van der Waals surface area contributed by atoms with E-state index in [0.29, 0.717) is 5.82 Å². The van der Waals surface area contributed by atoms with Gasteiger partial charge in [-0.1, -0.05) is 28.1 Å². The summed E-state index contributed by atoms with van der Waals surface area (Å²) in [5, 5.41) is 5.98. The molecule has 0 saturated carbocycles. The minimum Gasteiger partial charge on any atom is -0.396 e. The number of carbonyl (C=O) groups is 1. The molecule has 0 spiro atoms. The highest BCUT2D eigenvalue weighted by atomic mass is 79.9. The Labute approximate surface area is 122 Å². The summed E-state index contributed by atoms with van der Waals surface area (Å²) in [7, 11) is 0. The zero-order valence-corrected chi connectivity index (χ0v) is 11.8. The van der Waals surface area contributed by atoms with Gasteiger partial charge >= 0.3 is 0 Å². The number of benzene rings is 1. The van der Waals surface area contributed by atoms with Crippen LogP contribution < -0.4 is 11.5 Å². The highest BCUT2D eigenvalue weighted by Crippen LogP contribution is 2.27. The topological polar surface area (TPSA) is 99.8 Å². The molecule has 6 nitrogen and oxygen atoms in total. The Balaban J connectivity index is 2.27. The smallest absolute Gasteiger partial charge is 0.271 e. The summed E-state index contributed by atoms with van der Waals surface area (Å²) in [6.45, 7) is 0. The van der Waals surface area contributed by atoms with E-state index in [0.717, 1.165) is 15.2 Å². The Morgan fingerprint density at radius 2 is 2.05 bits per heavy atom. The number of pyridine rings is 1. The number of carbonyl (C=O) groups excluding carboxylic acids is 1. The van der Waals surface area contributed by atoms with Crippen LogP contribution in [0.25, 0.3) is 16.6 Å². The minimum atomic E-state index is -0.664. The van der Waals surface area contributed by atoms with E-state index in [-0.39, 0.29) is 11.4 Å². The molecule has 7 heteroatoms. The van der Waals surface area contributed by atoms with Gasteiger partial charge in [-0.25, -0.2) is 9.67 Å². The van der Waals surface area contributed by atoms with Crippen molar-refractivity contribution < 1.29 is 4.79 Å². The summed E-state index contributed by atoms with van der Waals surface area (Å²) in [6, 6.07) is 7.66. The predicted octanol–water partition coefficient (Wildman–Crippen LogP) is 1.86. The third-order valence-corrected chi connectivity index (χ3v) is 3.62. The molecule has 0 unspecified atom stereocenters. The second-order valence-electron chi connectivity index (χ2n) is 4.21. The molecular weight excluding hydrogens is 322 g/mol. The standard InChI is InChI=1S/C13H10BrN5O/c14-9-3-1-2-8-7(9)4-5-17-13(8)19-6-10(15)11(18-19)12(16)20/h1-6H,15H2,(H2,16,20). The van der Waals surface area contributed by atoms with Crippen LogP contribution >= 0.6 is 15.9 Å². The van der Waals surface area contributed by atoms with Gasteiger partial charge in [0, 0.05) is 21.4 Å². The molecule has 0 aliphatic heterocycles. The van der Waals surface area contributed by atoms with Crippen molar-refractivity contribution in [1.82, 2.24) is 14.8 Å². The second kappa shape index (κ2) is 4.61. The number of amides is 1. The summed E-state index contributed by atoms with van der Waals surface area (Å²) in [6.07, 6.45) is 3.20. The summed E-state index contributed by atoms with van der Waals surface area (Å²) in [5.74, 6) is -0.0781. The van der Waals surface area contributed by atoms with Crippen molar-refractivity contribution in [2.75, 3.05) is 5.73 Å².